The molecule has 2 aromatic rings. The van der Waals surface area contributed by atoms with E-state index < -0.39 is 0 Å². The molecule has 0 saturated carbocycles. The van der Waals surface area contributed by atoms with Crippen LogP contribution in [0.5, 0.6) is 11.5 Å². The summed E-state index contributed by atoms with van der Waals surface area (Å²) in [6.45, 7) is 2.98. The number of hydrogen-bond acceptors (Lipinski definition) is 5. The van der Waals surface area contributed by atoms with Gasteiger partial charge in [0.2, 0.25) is 0 Å². The third-order valence-electron chi connectivity index (χ3n) is 5.32. The first kappa shape index (κ1) is 18.6. The lowest BCUT2D eigenvalue weighted by molar-refractivity contribution is 0.0520. The lowest BCUT2D eigenvalue weighted by Gasteiger charge is -2.29. The summed E-state index contributed by atoms with van der Waals surface area (Å²) < 4.78 is 11.7. The monoisotopic (exact) mass is 381 g/mol. The summed E-state index contributed by atoms with van der Waals surface area (Å²) in [5, 5.41) is 0. The molecule has 2 aliphatic heterocycles. The Labute approximate surface area is 166 Å². The number of aromatic nitrogens is 1. The van der Waals surface area contributed by atoms with Gasteiger partial charge in [0.05, 0.1) is 12.1 Å². The maximum absolute atomic E-state index is 12.8. The summed E-state index contributed by atoms with van der Waals surface area (Å²) in [5.74, 6) is 2.38. The van der Waals surface area contributed by atoms with Crippen LogP contribution in [0.15, 0.2) is 42.6 Å². The Kier molecular flexibility index (Phi) is 5.65. The molecule has 1 amide bonds. The third-order valence-corrected chi connectivity index (χ3v) is 5.32. The number of amides is 1. The van der Waals surface area contributed by atoms with Gasteiger partial charge in [-0.05, 0) is 37.1 Å². The van der Waals surface area contributed by atoms with Crippen LogP contribution in [0, 0.1) is 0 Å². The Morgan fingerprint density at radius 3 is 2.57 bits per heavy atom. The van der Waals surface area contributed by atoms with Gasteiger partial charge in [-0.15, -0.1) is 0 Å². The van der Waals surface area contributed by atoms with Gasteiger partial charge in [0, 0.05) is 26.3 Å². The van der Waals surface area contributed by atoms with E-state index in [4.69, 9.17) is 9.47 Å². The molecule has 0 aliphatic carbocycles. The summed E-state index contributed by atoms with van der Waals surface area (Å²) in [4.78, 5) is 21.3. The fourth-order valence-electron chi connectivity index (χ4n) is 3.76. The molecule has 1 aromatic carbocycles. The van der Waals surface area contributed by atoms with Crippen molar-refractivity contribution in [3.63, 3.8) is 0 Å². The molecule has 1 aromatic heterocycles. The van der Waals surface area contributed by atoms with Crippen LogP contribution in [0.25, 0.3) is 0 Å². The number of carbonyl (C=O) groups is 1. The van der Waals surface area contributed by atoms with Gasteiger partial charge in [0.25, 0.3) is 5.91 Å². The van der Waals surface area contributed by atoms with Gasteiger partial charge in [0.1, 0.15) is 12.4 Å². The second kappa shape index (κ2) is 8.50. The van der Waals surface area contributed by atoms with E-state index in [0.717, 1.165) is 30.4 Å². The van der Waals surface area contributed by atoms with Crippen LogP contribution >= 0.6 is 0 Å². The average molecular weight is 381 g/mol. The molecule has 6 heteroatoms. The number of hydrogen-bond donors (Lipinski definition) is 0. The van der Waals surface area contributed by atoms with E-state index in [9.17, 15) is 4.79 Å². The molecule has 2 aliphatic rings. The maximum atomic E-state index is 12.8. The molecule has 0 bridgehead atoms. The first-order valence-electron chi connectivity index (χ1n) is 10.1. The minimum Gasteiger partial charge on any atom is -0.486 e. The maximum Gasteiger partial charge on any atom is 0.255 e. The van der Waals surface area contributed by atoms with E-state index in [1.807, 2.05) is 36.4 Å². The topological polar surface area (TPSA) is 54.9 Å². The molecule has 0 radical (unpaired) electrons. The molecule has 1 atom stereocenters. The highest BCUT2D eigenvalue weighted by Gasteiger charge is 2.24. The first-order valence-corrected chi connectivity index (χ1v) is 10.1. The molecule has 6 nitrogen and oxygen atoms in total. The van der Waals surface area contributed by atoms with Gasteiger partial charge in [-0.1, -0.05) is 25.0 Å². The molecule has 1 saturated heterocycles. The molecule has 0 unspecified atom stereocenters. The van der Waals surface area contributed by atoms with Gasteiger partial charge in [0.15, 0.2) is 17.6 Å². The molecule has 1 fully saturated rings. The molecule has 0 N–H and O–H groups in total. The number of anilines is 1. The van der Waals surface area contributed by atoms with Crippen LogP contribution in [0.4, 0.5) is 5.82 Å². The van der Waals surface area contributed by atoms with Crippen molar-refractivity contribution in [1.29, 1.82) is 0 Å². The lowest BCUT2D eigenvalue weighted by atomic mass is 10.2. The Morgan fingerprint density at radius 1 is 1.11 bits per heavy atom. The van der Waals surface area contributed by atoms with Gasteiger partial charge in [-0.3, -0.25) is 4.79 Å². The number of ether oxygens (including phenoxy) is 2. The summed E-state index contributed by atoms with van der Waals surface area (Å²) in [5.41, 5.74) is 0.596. The molecule has 3 heterocycles. The quantitative estimate of drug-likeness (QED) is 0.813. The van der Waals surface area contributed by atoms with E-state index in [-0.39, 0.29) is 12.0 Å². The predicted octanol–water partition coefficient (Wildman–Crippen LogP) is 3.37. The fraction of sp³-hybridized carbons (Fsp3) is 0.455. The Bertz CT molecular complexity index is 801. The normalized spacial score (nSPS) is 19.0. The van der Waals surface area contributed by atoms with E-state index >= 15 is 0 Å². The number of nitrogens with zero attached hydrogens (tertiary/aromatic N) is 3. The molecule has 0 spiro atoms. The third kappa shape index (κ3) is 4.21. The van der Waals surface area contributed by atoms with E-state index in [0.29, 0.717) is 18.7 Å². The van der Waals surface area contributed by atoms with Crippen molar-refractivity contribution in [2.45, 2.75) is 31.8 Å². The van der Waals surface area contributed by atoms with Crippen molar-refractivity contribution in [2.75, 3.05) is 38.2 Å². The fourth-order valence-corrected chi connectivity index (χ4v) is 3.76. The van der Waals surface area contributed by atoms with Crippen molar-refractivity contribution in [1.82, 2.24) is 9.88 Å². The van der Waals surface area contributed by atoms with Crippen LogP contribution in [0.1, 0.15) is 36.0 Å². The molecule has 148 valence electrons. The minimum atomic E-state index is -0.187. The van der Waals surface area contributed by atoms with Crippen LogP contribution in [-0.4, -0.2) is 55.2 Å². The number of pyridine rings is 1. The Hall–Kier alpha value is -2.76. The molecular weight excluding hydrogens is 354 g/mol. The number of para-hydroxylation sites is 2. The highest BCUT2D eigenvalue weighted by atomic mass is 16.6. The first-order chi connectivity index (χ1) is 13.7. The SMILES string of the molecule is CN(C[C@@H]1COc2ccccc2O1)C(=O)c1ccc(N2CCCCCC2)nc1. The average Bonchev–Trinajstić information content (AvgIpc) is 3.03. The van der Waals surface area contributed by atoms with Gasteiger partial charge in [-0.25, -0.2) is 4.98 Å². The van der Waals surface area contributed by atoms with Crippen molar-refractivity contribution in [2.24, 2.45) is 0 Å². The van der Waals surface area contributed by atoms with Crippen LogP contribution in [0.2, 0.25) is 0 Å². The van der Waals surface area contributed by atoms with Gasteiger partial charge >= 0.3 is 0 Å². The molecule has 28 heavy (non-hydrogen) atoms. The zero-order valence-electron chi connectivity index (χ0n) is 16.3. The zero-order valence-corrected chi connectivity index (χ0v) is 16.3. The smallest absolute Gasteiger partial charge is 0.255 e. The number of fused-ring (bicyclic) bond motifs is 1. The summed E-state index contributed by atoms with van der Waals surface area (Å²) >= 11 is 0. The van der Waals surface area contributed by atoms with Gasteiger partial charge < -0.3 is 19.3 Å². The highest BCUT2D eigenvalue weighted by Crippen LogP contribution is 2.31. The van der Waals surface area contributed by atoms with E-state index in [1.54, 1.807) is 18.1 Å². The van der Waals surface area contributed by atoms with Crippen LogP contribution in [-0.2, 0) is 0 Å². The van der Waals surface area contributed by atoms with Gasteiger partial charge in [-0.2, -0.15) is 0 Å². The molecule has 4 rings (SSSR count). The Balaban J connectivity index is 1.36. The number of carbonyl (C=O) groups excluding carboxylic acids is 1. The number of benzene rings is 1. The van der Waals surface area contributed by atoms with Crippen molar-refractivity contribution in [3.05, 3.63) is 48.2 Å². The van der Waals surface area contributed by atoms with Crippen LogP contribution < -0.4 is 14.4 Å². The number of rotatable bonds is 4. The van der Waals surface area contributed by atoms with Crippen molar-refractivity contribution < 1.29 is 14.3 Å². The highest BCUT2D eigenvalue weighted by molar-refractivity contribution is 5.94. The van der Waals surface area contributed by atoms with Crippen LogP contribution in [0.3, 0.4) is 0 Å². The van der Waals surface area contributed by atoms with E-state index in [1.165, 1.54) is 25.7 Å². The summed E-state index contributed by atoms with van der Waals surface area (Å²) in [6.07, 6.45) is 6.49. The second-order valence-electron chi connectivity index (χ2n) is 7.49. The second-order valence-corrected chi connectivity index (χ2v) is 7.49. The largest absolute Gasteiger partial charge is 0.486 e. The summed E-state index contributed by atoms with van der Waals surface area (Å²) in [7, 11) is 1.79. The van der Waals surface area contributed by atoms with Crippen molar-refractivity contribution >= 4 is 11.7 Å². The standard InChI is InChI=1S/C22H27N3O3/c1-24(15-18-16-27-19-8-4-5-9-20(19)28-18)22(26)17-10-11-21(23-14-17)25-12-6-2-3-7-13-25/h4-5,8-11,14,18H,2-3,6-7,12-13,15-16H2,1H3/t18-/m1/s1. The minimum absolute atomic E-state index is 0.0580. The van der Waals surface area contributed by atoms with Crippen molar-refractivity contribution in [3.8, 4) is 11.5 Å². The van der Waals surface area contributed by atoms with E-state index in [2.05, 4.69) is 9.88 Å². The predicted molar refractivity (Wildman–Crippen MR) is 108 cm³/mol. The lowest BCUT2D eigenvalue weighted by Crippen LogP contribution is -2.41. The molecular formula is C22H27N3O3. The number of likely N-dealkylation sites (N-methyl/N-ethyl adjacent to an activating group) is 1. The zero-order chi connectivity index (χ0) is 19.3. The summed E-state index contributed by atoms with van der Waals surface area (Å²) in [6, 6.07) is 11.4. The Morgan fingerprint density at radius 2 is 1.86 bits per heavy atom.